The first kappa shape index (κ1) is 17.7. The topological polar surface area (TPSA) is 55.3 Å². The lowest BCUT2D eigenvalue weighted by atomic mass is 10.0. The number of nitrogens with two attached hydrogens (primary N) is 1. The van der Waals surface area contributed by atoms with Gasteiger partial charge in [-0.1, -0.05) is 41.3 Å². The second-order valence-corrected chi connectivity index (χ2v) is 7.42. The second kappa shape index (κ2) is 7.44. The van der Waals surface area contributed by atoms with Gasteiger partial charge in [0, 0.05) is 36.2 Å². The zero-order valence-electron chi connectivity index (χ0n) is 14.1. The fourth-order valence-corrected chi connectivity index (χ4v) is 3.50. The zero-order chi connectivity index (χ0) is 17.3. The molecule has 130 valence electrons. The summed E-state index contributed by atoms with van der Waals surface area (Å²) in [4.78, 5) is 2.21. The highest BCUT2D eigenvalue weighted by atomic mass is 35.5. The van der Waals surface area contributed by atoms with Crippen molar-refractivity contribution in [3.63, 3.8) is 0 Å². The molecule has 0 saturated heterocycles. The van der Waals surface area contributed by atoms with Crippen LogP contribution in [-0.4, -0.2) is 29.7 Å². The highest BCUT2D eigenvalue weighted by molar-refractivity contribution is 6.39. The average molecular weight is 368 g/mol. The van der Waals surface area contributed by atoms with Crippen LogP contribution in [0.2, 0.25) is 10.0 Å². The molecule has 0 amide bonds. The molecule has 1 saturated carbocycles. The smallest absolute Gasteiger partial charge is 0.144 e. The van der Waals surface area contributed by atoms with E-state index < -0.39 is 0 Å². The summed E-state index contributed by atoms with van der Waals surface area (Å²) in [6.45, 7) is 3.64. The Bertz CT molecular complexity index is 692. The Labute approximate surface area is 152 Å². The first-order chi connectivity index (χ1) is 11.5. The van der Waals surface area contributed by atoms with Gasteiger partial charge in [-0.05, 0) is 38.4 Å². The van der Waals surface area contributed by atoms with Crippen molar-refractivity contribution in [2.24, 2.45) is 5.73 Å². The summed E-state index contributed by atoms with van der Waals surface area (Å²) in [7, 11) is 2.07. The Hall–Kier alpha value is -1.07. The molecule has 0 aliphatic heterocycles. The molecule has 1 aliphatic carbocycles. The van der Waals surface area contributed by atoms with Crippen molar-refractivity contribution in [2.75, 3.05) is 13.6 Å². The Morgan fingerprint density at radius 3 is 2.58 bits per heavy atom. The predicted octanol–water partition coefficient (Wildman–Crippen LogP) is 4.69. The molecule has 1 heterocycles. The van der Waals surface area contributed by atoms with Gasteiger partial charge in [-0.2, -0.15) is 0 Å². The third kappa shape index (κ3) is 3.77. The van der Waals surface area contributed by atoms with Crippen LogP contribution in [0.15, 0.2) is 22.7 Å². The molecule has 6 heteroatoms. The van der Waals surface area contributed by atoms with Gasteiger partial charge in [-0.3, -0.25) is 0 Å². The van der Waals surface area contributed by atoms with E-state index in [1.807, 2.05) is 18.2 Å². The molecule has 24 heavy (non-hydrogen) atoms. The lowest BCUT2D eigenvalue weighted by Crippen LogP contribution is -2.34. The fraction of sp³-hybridized carbons (Fsp3) is 0.500. The third-order valence-corrected chi connectivity index (χ3v) is 5.09. The second-order valence-electron chi connectivity index (χ2n) is 6.61. The van der Waals surface area contributed by atoms with Crippen LogP contribution >= 0.6 is 23.2 Å². The van der Waals surface area contributed by atoms with E-state index in [0.29, 0.717) is 16.0 Å². The molecular formula is C18H23Cl2N3O. The van der Waals surface area contributed by atoms with Gasteiger partial charge in [0.05, 0.1) is 10.0 Å². The number of halogens is 2. The van der Waals surface area contributed by atoms with Crippen LogP contribution in [0.5, 0.6) is 0 Å². The number of benzene rings is 1. The zero-order valence-corrected chi connectivity index (χ0v) is 15.6. The van der Waals surface area contributed by atoms with Crippen LogP contribution in [0.1, 0.15) is 43.4 Å². The minimum atomic E-state index is 0.159. The van der Waals surface area contributed by atoms with Crippen LogP contribution < -0.4 is 5.73 Å². The Morgan fingerprint density at radius 1 is 1.33 bits per heavy atom. The molecule has 4 nitrogen and oxygen atoms in total. The van der Waals surface area contributed by atoms with Gasteiger partial charge in [-0.25, -0.2) is 0 Å². The van der Waals surface area contributed by atoms with Crippen molar-refractivity contribution >= 4 is 23.2 Å². The van der Waals surface area contributed by atoms with E-state index in [-0.39, 0.29) is 6.04 Å². The van der Waals surface area contributed by atoms with E-state index in [2.05, 4.69) is 24.0 Å². The van der Waals surface area contributed by atoms with E-state index in [4.69, 9.17) is 33.5 Å². The van der Waals surface area contributed by atoms with E-state index in [1.54, 1.807) is 0 Å². The van der Waals surface area contributed by atoms with Gasteiger partial charge in [0.2, 0.25) is 0 Å². The highest BCUT2D eigenvalue weighted by Crippen LogP contribution is 2.46. The summed E-state index contributed by atoms with van der Waals surface area (Å²) < 4.78 is 5.69. The molecule has 0 radical (unpaired) electrons. The molecular weight excluding hydrogens is 345 g/mol. The molecule has 0 bridgehead atoms. The van der Waals surface area contributed by atoms with E-state index in [1.165, 1.54) is 0 Å². The van der Waals surface area contributed by atoms with Crippen LogP contribution in [0.3, 0.4) is 0 Å². The van der Waals surface area contributed by atoms with E-state index in [0.717, 1.165) is 54.9 Å². The molecule has 1 aliphatic rings. The summed E-state index contributed by atoms with van der Waals surface area (Å²) in [5.41, 5.74) is 8.67. The summed E-state index contributed by atoms with van der Waals surface area (Å²) in [5, 5.41) is 5.50. The lowest BCUT2D eigenvalue weighted by Gasteiger charge is -2.20. The summed E-state index contributed by atoms with van der Waals surface area (Å²) in [6, 6.07) is 5.65. The van der Waals surface area contributed by atoms with Crippen LogP contribution in [-0.2, 0) is 6.54 Å². The largest absolute Gasteiger partial charge is 0.360 e. The van der Waals surface area contributed by atoms with Crippen molar-refractivity contribution < 1.29 is 4.52 Å². The Balaban J connectivity index is 1.96. The number of aromatic nitrogens is 1. The Morgan fingerprint density at radius 2 is 2.00 bits per heavy atom. The quantitative estimate of drug-likeness (QED) is 0.770. The van der Waals surface area contributed by atoms with Gasteiger partial charge >= 0.3 is 0 Å². The highest BCUT2D eigenvalue weighted by Gasteiger charge is 2.33. The van der Waals surface area contributed by atoms with E-state index >= 15 is 0 Å². The first-order valence-corrected chi connectivity index (χ1v) is 9.13. The van der Waals surface area contributed by atoms with Crippen molar-refractivity contribution in [2.45, 2.75) is 44.7 Å². The fourth-order valence-electron chi connectivity index (χ4n) is 2.93. The summed E-state index contributed by atoms with van der Waals surface area (Å²) >= 11 is 12.8. The van der Waals surface area contributed by atoms with Crippen molar-refractivity contribution in [3.8, 4) is 11.3 Å². The number of likely N-dealkylation sites (N-methyl/N-ethyl adjacent to an activating group) is 1. The molecule has 3 rings (SSSR count). The molecule has 1 aromatic carbocycles. The maximum absolute atomic E-state index is 6.38. The number of rotatable bonds is 7. The van der Waals surface area contributed by atoms with Crippen molar-refractivity contribution in [1.29, 1.82) is 0 Å². The molecule has 0 spiro atoms. The maximum atomic E-state index is 6.38. The van der Waals surface area contributed by atoms with Gasteiger partial charge in [0.1, 0.15) is 11.5 Å². The van der Waals surface area contributed by atoms with Crippen LogP contribution in [0, 0.1) is 0 Å². The normalized spacial score (nSPS) is 15.9. The van der Waals surface area contributed by atoms with Gasteiger partial charge in [0.15, 0.2) is 0 Å². The number of nitrogens with zero attached hydrogens (tertiary/aromatic N) is 2. The molecule has 1 unspecified atom stereocenters. The summed E-state index contributed by atoms with van der Waals surface area (Å²) in [5.74, 6) is 1.44. The minimum absolute atomic E-state index is 0.159. The lowest BCUT2D eigenvalue weighted by molar-refractivity contribution is 0.296. The maximum Gasteiger partial charge on any atom is 0.144 e. The molecule has 2 aromatic rings. The minimum Gasteiger partial charge on any atom is -0.360 e. The standard InChI is InChI=1S/C18H23Cl2N3O/c1-3-12(21)9-23(2)10-13-17(22-24-18(13)11-7-8-11)16-14(19)5-4-6-15(16)20/h4-6,11-12H,3,7-10,21H2,1-2H3. The Kier molecular flexibility index (Phi) is 5.50. The number of hydrogen-bond acceptors (Lipinski definition) is 4. The van der Waals surface area contributed by atoms with Crippen LogP contribution in [0.25, 0.3) is 11.3 Å². The monoisotopic (exact) mass is 367 g/mol. The molecule has 2 N–H and O–H groups in total. The third-order valence-electron chi connectivity index (χ3n) is 4.46. The number of hydrogen-bond donors (Lipinski definition) is 1. The predicted molar refractivity (Wildman–Crippen MR) is 98.5 cm³/mol. The van der Waals surface area contributed by atoms with E-state index in [9.17, 15) is 0 Å². The average Bonchev–Trinajstić information content (AvgIpc) is 3.30. The van der Waals surface area contributed by atoms with Gasteiger partial charge in [-0.15, -0.1) is 0 Å². The molecule has 1 atom stereocenters. The van der Waals surface area contributed by atoms with Crippen LogP contribution in [0.4, 0.5) is 0 Å². The van der Waals surface area contributed by atoms with Crippen molar-refractivity contribution in [3.05, 3.63) is 39.6 Å². The van der Waals surface area contributed by atoms with Gasteiger partial charge < -0.3 is 15.2 Å². The first-order valence-electron chi connectivity index (χ1n) is 8.38. The SMILES string of the molecule is CCC(N)CN(C)Cc1c(-c2c(Cl)cccc2Cl)noc1C1CC1. The summed E-state index contributed by atoms with van der Waals surface area (Å²) in [6.07, 6.45) is 3.25. The molecule has 1 aromatic heterocycles. The molecule has 1 fully saturated rings. The van der Waals surface area contributed by atoms with Gasteiger partial charge in [0.25, 0.3) is 0 Å². The van der Waals surface area contributed by atoms with Crippen molar-refractivity contribution in [1.82, 2.24) is 10.1 Å².